The first kappa shape index (κ1) is 27.8. The first-order valence-electron chi connectivity index (χ1n) is 13.2. The van der Waals surface area contributed by atoms with Gasteiger partial charge in [-0.1, -0.05) is 32.0 Å². The van der Waals surface area contributed by atoms with Gasteiger partial charge in [0.2, 0.25) is 0 Å². The second kappa shape index (κ2) is 13.0. The summed E-state index contributed by atoms with van der Waals surface area (Å²) in [6.07, 6.45) is 1.49. The summed E-state index contributed by atoms with van der Waals surface area (Å²) in [6, 6.07) is 18.9. The maximum atomic E-state index is 12.6. The Morgan fingerprint density at radius 2 is 1.87 bits per heavy atom. The van der Waals surface area contributed by atoms with Crippen molar-refractivity contribution in [2.24, 2.45) is 0 Å². The van der Waals surface area contributed by atoms with E-state index in [-0.39, 0.29) is 12.1 Å². The van der Waals surface area contributed by atoms with Gasteiger partial charge in [0.05, 0.1) is 6.10 Å². The summed E-state index contributed by atoms with van der Waals surface area (Å²) < 4.78 is 5.44. The summed E-state index contributed by atoms with van der Waals surface area (Å²) >= 11 is 1.51. The first-order valence-corrected chi connectivity index (χ1v) is 14.0. The van der Waals surface area contributed by atoms with Crippen molar-refractivity contribution in [3.05, 3.63) is 59.0 Å². The van der Waals surface area contributed by atoms with E-state index in [4.69, 9.17) is 4.74 Å². The van der Waals surface area contributed by atoms with E-state index in [1.54, 1.807) is 6.08 Å². The highest BCUT2D eigenvalue weighted by Gasteiger charge is 2.31. The summed E-state index contributed by atoms with van der Waals surface area (Å²) in [5.41, 5.74) is 2.30. The number of thiophene rings is 1. The normalized spacial score (nSPS) is 19.8. The Morgan fingerprint density at radius 1 is 1.13 bits per heavy atom. The Hall–Kier alpha value is -3.22. The number of nitriles is 1. The van der Waals surface area contributed by atoms with Gasteiger partial charge in [-0.05, 0) is 72.0 Å². The maximum Gasteiger partial charge on any atom is 0.262 e. The van der Waals surface area contributed by atoms with Gasteiger partial charge in [-0.15, -0.1) is 11.3 Å². The SMILES string of the molecule is CCCN(CCC)c1ccc2cc(-c3ccc(/C=C(\C#N)C(=O)NC[C@H]4OCC[C@@H](O)[C@@H]4O)s3)ccc2c1. The van der Waals surface area contributed by atoms with Crippen LogP contribution in [0.15, 0.2) is 54.1 Å². The molecule has 3 N–H and O–H groups in total. The number of fused-ring (bicyclic) bond motifs is 1. The Labute approximate surface area is 228 Å². The number of aliphatic hydroxyl groups is 2. The van der Waals surface area contributed by atoms with E-state index in [1.807, 2.05) is 18.2 Å². The zero-order chi connectivity index (χ0) is 27.1. The fourth-order valence-electron chi connectivity index (χ4n) is 4.69. The molecule has 0 spiro atoms. The molecule has 4 rings (SSSR count). The van der Waals surface area contributed by atoms with E-state index in [0.717, 1.165) is 41.2 Å². The van der Waals surface area contributed by atoms with Crippen LogP contribution in [0.25, 0.3) is 27.3 Å². The molecule has 0 aliphatic carbocycles. The van der Waals surface area contributed by atoms with Gasteiger partial charge >= 0.3 is 0 Å². The quantitative estimate of drug-likeness (QED) is 0.257. The van der Waals surface area contributed by atoms with Crippen LogP contribution in [0.3, 0.4) is 0 Å². The largest absolute Gasteiger partial charge is 0.390 e. The zero-order valence-electron chi connectivity index (χ0n) is 21.9. The van der Waals surface area contributed by atoms with Crippen molar-refractivity contribution in [3.8, 4) is 16.5 Å². The number of amides is 1. The number of carbonyl (C=O) groups excluding carboxylic acids is 1. The molecule has 1 aromatic heterocycles. The molecule has 3 atom stereocenters. The van der Waals surface area contributed by atoms with Gasteiger partial charge in [-0.2, -0.15) is 5.26 Å². The van der Waals surface area contributed by atoms with Gasteiger partial charge in [-0.25, -0.2) is 0 Å². The molecular weight excluding hydrogens is 498 g/mol. The average molecular weight is 534 g/mol. The number of ether oxygens (including phenoxy) is 1. The van der Waals surface area contributed by atoms with E-state index in [9.17, 15) is 20.3 Å². The van der Waals surface area contributed by atoms with Crippen LogP contribution in [0.1, 0.15) is 38.0 Å². The summed E-state index contributed by atoms with van der Waals surface area (Å²) in [5, 5.41) is 34.4. The molecular formula is C30H35N3O4S. The number of anilines is 1. The van der Waals surface area contributed by atoms with Gasteiger partial charge in [0, 0.05) is 41.7 Å². The van der Waals surface area contributed by atoms with Crippen LogP contribution in [0.5, 0.6) is 0 Å². The summed E-state index contributed by atoms with van der Waals surface area (Å²) in [6.45, 7) is 6.83. The molecule has 2 heterocycles. The van der Waals surface area contributed by atoms with E-state index in [2.05, 4.69) is 60.5 Å². The predicted octanol–water partition coefficient (Wildman–Crippen LogP) is 4.73. The van der Waals surface area contributed by atoms with E-state index < -0.39 is 24.2 Å². The third kappa shape index (κ3) is 6.61. The maximum absolute atomic E-state index is 12.6. The minimum atomic E-state index is -1.07. The highest BCUT2D eigenvalue weighted by atomic mass is 32.1. The Bertz CT molecular complexity index is 1320. The van der Waals surface area contributed by atoms with Gasteiger partial charge in [-0.3, -0.25) is 4.79 Å². The minimum absolute atomic E-state index is 0.0131. The lowest BCUT2D eigenvalue weighted by atomic mass is 10.0. The van der Waals surface area contributed by atoms with Crippen molar-refractivity contribution in [1.82, 2.24) is 5.32 Å². The number of benzene rings is 2. The van der Waals surface area contributed by atoms with Crippen molar-refractivity contribution in [2.45, 2.75) is 51.4 Å². The van der Waals surface area contributed by atoms with Gasteiger partial charge in [0.25, 0.3) is 5.91 Å². The Morgan fingerprint density at radius 3 is 2.61 bits per heavy atom. The summed E-state index contributed by atoms with van der Waals surface area (Å²) in [4.78, 5) is 16.9. The second-order valence-electron chi connectivity index (χ2n) is 9.57. The van der Waals surface area contributed by atoms with Gasteiger partial charge in [0.1, 0.15) is 23.9 Å². The molecule has 7 nitrogen and oxygen atoms in total. The highest BCUT2D eigenvalue weighted by Crippen LogP contribution is 2.33. The summed E-state index contributed by atoms with van der Waals surface area (Å²) in [7, 11) is 0. The Kier molecular flexibility index (Phi) is 9.53. The molecule has 1 aliphatic heterocycles. The van der Waals surface area contributed by atoms with Gasteiger partial charge < -0.3 is 25.2 Å². The second-order valence-corrected chi connectivity index (χ2v) is 10.7. The van der Waals surface area contributed by atoms with Crippen LogP contribution in [0, 0.1) is 11.3 Å². The van der Waals surface area contributed by atoms with Crippen molar-refractivity contribution in [1.29, 1.82) is 5.26 Å². The predicted molar refractivity (Wildman–Crippen MR) is 153 cm³/mol. The van der Waals surface area contributed by atoms with Crippen molar-refractivity contribution < 1.29 is 19.7 Å². The topological polar surface area (TPSA) is 106 Å². The van der Waals surface area contributed by atoms with Crippen LogP contribution in [0.4, 0.5) is 5.69 Å². The third-order valence-electron chi connectivity index (χ3n) is 6.72. The minimum Gasteiger partial charge on any atom is -0.390 e. The Balaban J connectivity index is 1.46. The standard InChI is InChI=1S/C30H35N3O4S/c1-3-12-33(13-4-2)24-8-7-20-15-22(6-5-21(20)16-24)28-10-9-25(38-28)17-23(18-31)30(36)32-19-27-29(35)26(34)11-14-37-27/h5-10,15-17,26-27,29,34-35H,3-4,11-14,19H2,1-2H3,(H,32,36)/b23-17+/t26-,27-,29+/m1/s1. The smallest absolute Gasteiger partial charge is 0.262 e. The number of hydrogen-bond donors (Lipinski definition) is 3. The molecule has 38 heavy (non-hydrogen) atoms. The molecule has 1 amide bonds. The van der Waals surface area contributed by atoms with E-state index in [1.165, 1.54) is 27.8 Å². The number of aliphatic hydroxyl groups excluding tert-OH is 2. The molecule has 200 valence electrons. The zero-order valence-corrected chi connectivity index (χ0v) is 22.7. The molecule has 1 aliphatic rings. The number of hydrogen-bond acceptors (Lipinski definition) is 7. The van der Waals surface area contributed by atoms with Crippen molar-refractivity contribution in [2.75, 3.05) is 31.1 Å². The monoisotopic (exact) mass is 533 g/mol. The fraction of sp³-hybridized carbons (Fsp3) is 0.400. The summed E-state index contributed by atoms with van der Waals surface area (Å²) in [5.74, 6) is -0.542. The van der Waals surface area contributed by atoms with Crippen LogP contribution >= 0.6 is 11.3 Å². The van der Waals surface area contributed by atoms with Crippen LogP contribution in [-0.2, 0) is 9.53 Å². The van der Waals surface area contributed by atoms with Crippen molar-refractivity contribution >= 4 is 39.8 Å². The number of rotatable bonds is 10. The van der Waals surface area contributed by atoms with Crippen LogP contribution < -0.4 is 10.2 Å². The lowest BCUT2D eigenvalue weighted by molar-refractivity contribution is -0.136. The molecule has 3 aromatic rings. The van der Waals surface area contributed by atoms with Gasteiger partial charge in [0.15, 0.2) is 0 Å². The molecule has 8 heteroatoms. The number of nitrogens with one attached hydrogen (secondary N) is 1. The van der Waals surface area contributed by atoms with Crippen molar-refractivity contribution in [3.63, 3.8) is 0 Å². The first-order chi connectivity index (χ1) is 18.4. The van der Waals surface area contributed by atoms with Crippen LogP contribution in [0.2, 0.25) is 0 Å². The third-order valence-corrected chi connectivity index (χ3v) is 7.80. The number of carbonyl (C=O) groups is 1. The molecule has 1 fully saturated rings. The molecule has 0 bridgehead atoms. The lowest BCUT2D eigenvalue weighted by Gasteiger charge is -2.31. The number of nitrogens with zero attached hydrogens (tertiary/aromatic N) is 2. The fourth-order valence-corrected chi connectivity index (χ4v) is 5.64. The van der Waals surface area contributed by atoms with Crippen LogP contribution in [-0.4, -0.2) is 60.7 Å². The molecule has 1 saturated heterocycles. The average Bonchev–Trinajstić information content (AvgIpc) is 3.40. The molecule has 0 radical (unpaired) electrons. The molecule has 0 unspecified atom stereocenters. The van der Waals surface area contributed by atoms with E-state index >= 15 is 0 Å². The lowest BCUT2D eigenvalue weighted by Crippen LogP contribution is -2.50. The molecule has 0 saturated carbocycles. The molecule has 2 aromatic carbocycles. The van der Waals surface area contributed by atoms with E-state index in [0.29, 0.717) is 13.0 Å². The highest BCUT2D eigenvalue weighted by molar-refractivity contribution is 7.16.